The lowest BCUT2D eigenvalue weighted by molar-refractivity contribution is 0.740. The van der Waals surface area contributed by atoms with Crippen molar-refractivity contribution in [2.45, 2.75) is 13.0 Å². The minimum Gasteiger partial charge on any atom is -0.384 e. The Morgan fingerprint density at radius 3 is 2.48 bits per heavy atom. The van der Waals surface area contributed by atoms with Crippen LogP contribution < -0.4 is 10.6 Å². The maximum atomic E-state index is 7.46. The highest BCUT2D eigenvalue weighted by Gasteiger charge is 2.14. The van der Waals surface area contributed by atoms with E-state index in [0.717, 1.165) is 16.3 Å². The molecule has 2 aromatic rings. The quantitative estimate of drug-likeness (QED) is 0.644. The van der Waals surface area contributed by atoms with Crippen molar-refractivity contribution in [1.29, 1.82) is 5.41 Å². The normalized spacial score (nSPS) is 12.0. The molecule has 0 radical (unpaired) electrons. The minimum atomic E-state index is -0.0305. The molecule has 0 saturated carbocycles. The Labute approximate surface area is 134 Å². The number of amidine groups is 1. The second kappa shape index (κ2) is 6.37. The van der Waals surface area contributed by atoms with Gasteiger partial charge in [-0.1, -0.05) is 35.3 Å². The Hall–Kier alpha value is -1.71. The van der Waals surface area contributed by atoms with E-state index in [-0.39, 0.29) is 11.9 Å². The highest BCUT2D eigenvalue weighted by Crippen LogP contribution is 2.29. The molecule has 1 atom stereocenters. The van der Waals surface area contributed by atoms with E-state index in [1.54, 1.807) is 6.07 Å². The second-order valence-electron chi connectivity index (χ2n) is 4.92. The van der Waals surface area contributed by atoms with Gasteiger partial charge in [0.1, 0.15) is 5.84 Å². The summed E-state index contributed by atoms with van der Waals surface area (Å²) in [6, 6.07) is 13.4. The Morgan fingerprint density at radius 2 is 1.90 bits per heavy atom. The van der Waals surface area contributed by atoms with E-state index in [1.807, 2.05) is 43.4 Å². The third-order valence-electron chi connectivity index (χ3n) is 3.56. The van der Waals surface area contributed by atoms with E-state index in [1.165, 1.54) is 0 Å². The zero-order chi connectivity index (χ0) is 15.6. The van der Waals surface area contributed by atoms with Crippen molar-refractivity contribution in [2.24, 2.45) is 5.73 Å². The first-order valence-corrected chi connectivity index (χ1v) is 7.28. The van der Waals surface area contributed by atoms with Gasteiger partial charge in [0.05, 0.1) is 11.1 Å². The number of hydrogen-bond donors (Lipinski definition) is 2. The molecule has 0 aromatic heterocycles. The van der Waals surface area contributed by atoms with E-state index in [0.29, 0.717) is 10.6 Å². The Balaban J connectivity index is 2.29. The molecule has 1 unspecified atom stereocenters. The fourth-order valence-electron chi connectivity index (χ4n) is 2.16. The van der Waals surface area contributed by atoms with Crippen molar-refractivity contribution in [1.82, 2.24) is 0 Å². The maximum absolute atomic E-state index is 7.46. The lowest BCUT2D eigenvalue weighted by atomic mass is 10.1. The fourth-order valence-corrected chi connectivity index (χ4v) is 2.63. The Bertz CT molecular complexity index is 670. The molecule has 0 spiro atoms. The summed E-state index contributed by atoms with van der Waals surface area (Å²) < 4.78 is 0. The molecule has 0 amide bonds. The second-order valence-corrected chi connectivity index (χ2v) is 5.76. The molecule has 0 saturated heterocycles. The van der Waals surface area contributed by atoms with Crippen molar-refractivity contribution in [3.05, 3.63) is 63.6 Å². The van der Waals surface area contributed by atoms with Gasteiger partial charge in [0.2, 0.25) is 0 Å². The number of rotatable bonds is 4. The van der Waals surface area contributed by atoms with Crippen LogP contribution in [0.1, 0.15) is 24.1 Å². The van der Waals surface area contributed by atoms with Crippen LogP contribution in [0.4, 0.5) is 5.69 Å². The molecule has 0 heterocycles. The smallest absolute Gasteiger partial charge is 0.124 e. The highest BCUT2D eigenvalue weighted by molar-refractivity contribution is 6.34. The van der Waals surface area contributed by atoms with Crippen LogP contribution >= 0.6 is 23.2 Å². The van der Waals surface area contributed by atoms with E-state index >= 15 is 0 Å². The fraction of sp³-hybridized carbons (Fsp3) is 0.188. The molecule has 0 aliphatic rings. The van der Waals surface area contributed by atoms with E-state index < -0.39 is 0 Å². The molecule has 21 heavy (non-hydrogen) atoms. The van der Waals surface area contributed by atoms with Crippen molar-refractivity contribution in [2.75, 3.05) is 11.9 Å². The molecule has 2 rings (SSSR count). The third-order valence-corrected chi connectivity index (χ3v) is 4.11. The van der Waals surface area contributed by atoms with Crippen molar-refractivity contribution < 1.29 is 0 Å². The number of halogens is 2. The summed E-state index contributed by atoms with van der Waals surface area (Å²) in [6.45, 7) is 2.10. The number of benzene rings is 2. The van der Waals surface area contributed by atoms with E-state index in [9.17, 15) is 0 Å². The van der Waals surface area contributed by atoms with Crippen LogP contribution in [0.25, 0.3) is 0 Å². The van der Waals surface area contributed by atoms with Gasteiger partial charge in [-0.15, -0.1) is 0 Å². The van der Waals surface area contributed by atoms with Crippen molar-refractivity contribution >= 4 is 34.7 Å². The summed E-state index contributed by atoms with van der Waals surface area (Å²) in [5.41, 5.74) is 8.10. The van der Waals surface area contributed by atoms with Gasteiger partial charge in [0.25, 0.3) is 0 Å². The van der Waals surface area contributed by atoms with Crippen LogP contribution in [-0.4, -0.2) is 12.9 Å². The average molecular weight is 322 g/mol. The Morgan fingerprint density at radius 1 is 1.19 bits per heavy atom. The molecule has 0 aliphatic carbocycles. The molecule has 0 bridgehead atoms. The van der Waals surface area contributed by atoms with Gasteiger partial charge in [-0.2, -0.15) is 0 Å². The monoisotopic (exact) mass is 321 g/mol. The zero-order valence-electron chi connectivity index (χ0n) is 11.9. The highest BCUT2D eigenvalue weighted by atomic mass is 35.5. The van der Waals surface area contributed by atoms with Crippen LogP contribution in [0.3, 0.4) is 0 Å². The number of hydrogen-bond acceptors (Lipinski definition) is 2. The van der Waals surface area contributed by atoms with Gasteiger partial charge in [-0.25, -0.2) is 0 Å². The molecule has 0 fully saturated rings. The predicted molar refractivity (Wildman–Crippen MR) is 90.7 cm³/mol. The predicted octanol–water partition coefficient (Wildman–Crippen LogP) is 4.47. The average Bonchev–Trinajstić information content (AvgIpc) is 2.45. The molecule has 2 aromatic carbocycles. The first-order valence-electron chi connectivity index (χ1n) is 6.52. The summed E-state index contributed by atoms with van der Waals surface area (Å²) >= 11 is 12.2. The zero-order valence-corrected chi connectivity index (χ0v) is 13.4. The van der Waals surface area contributed by atoms with Crippen LogP contribution in [0, 0.1) is 5.41 Å². The van der Waals surface area contributed by atoms with E-state index in [2.05, 4.69) is 11.8 Å². The lowest BCUT2D eigenvalue weighted by Crippen LogP contribution is -2.22. The van der Waals surface area contributed by atoms with E-state index in [4.69, 9.17) is 34.3 Å². The molecule has 110 valence electrons. The SMILES string of the molecule is CC(c1cccc(Cl)c1)N(C)c1ccc(C(=N)N)c(Cl)c1. The van der Waals surface area contributed by atoms with Crippen molar-refractivity contribution in [3.63, 3.8) is 0 Å². The first-order chi connectivity index (χ1) is 9.90. The van der Waals surface area contributed by atoms with Gasteiger partial charge in [0, 0.05) is 23.3 Å². The lowest BCUT2D eigenvalue weighted by Gasteiger charge is -2.28. The number of nitrogen functional groups attached to an aromatic ring is 1. The topological polar surface area (TPSA) is 53.1 Å². The summed E-state index contributed by atoms with van der Waals surface area (Å²) in [7, 11) is 1.99. The van der Waals surface area contributed by atoms with Gasteiger partial charge in [-0.05, 0) is 42.8 Å². The summed E-state index contributed by atoms with van der Waals surface area (Å²) in [4.78, 5) is 2.10. The molecular weight excluding hydrogens is 305 g/mol. The van der Waals surface area contributed by atoms with Gasteiger partial charge < -0.3 is 10.6 Å². The molecule has 3 N–H and O–H groups in total. The van der Waals surface area contributed by atoms with Gasteiger partial charge in [0.15, 0.2) is 0 Å². The number of nitrogens with two attached hydrogens (primary N) is 1. The molecule has 3 nitrogen and oxygen atoms in total. The molecular formula is C16H17Cl2N3. The van der Waals surface area contributed by atoms with Crippen LogP contribution in [0.15, 0.2) is 42.5 Å². The summed E-state index contributed by atoms with van der Waals surface area (Å²) in [5, 5.41) is 8.66. The standard InChI is InChI=1S/C16H17Cl2N3/c1-10(11-4-3-5-12(17)8-11)21(2)13-6-7-14(16(19)20)15(18)9-13/h3-10H,1-2H3,(H3,19,20). The largest absolute Gasteiger partial charge is 0.384 e. The van der Waals surface area contributed by atoms with Crippen LogP contribution in [-0.2, 0) is 0 Å². The number of nitrogens with zero attached hydrogens (tertiary/aromatic N) is 1. The van der Waals surface area contributed by atoms with Crippen LogP contribution in [0.2, 0.25) is 10.0 Å². The third kappa shape index (κ3) is 3.49. The maximum Gasteiger partial charge on any atom is 0.124 e. The summed E-state index contributed by atoms with van der Waals surface area (Å²) in [6.07, 6.45) is 0. The molecule has 5 heteroatoms. The van der Waals surface area contributed by atoms with Crippen molar-refractivity contribution in [3.8, 4) is 0 Å². The summed E-state index contributed by atoms with van der Waals surface area (Å²) in [5.74, 6) is -0.0305. The number of anilines is 1. The number of nitrogens with one attached hydrogen (secondary N) is 1. The Kier molecular flexibility index (Phi) is 4.76. The van der Waals surface area contributed by atoms with Gasteiger partial charge >= 0.3 is 0 Å². The first kappa shape index (κ1) is 15.7. The van der Waals surface area contributed by atoms with Crippen LogP contribution in [0.5, 0.6) is 0 Å². The minimum absolute atomic E-state index is 0.0305. The van der Waals surface area contributed by atoms with Gasteiger partial charge in [-0.3, -0.25) is 5.41 Å². The molecule has 0 aliphatic heterocycles.